The van der Waals surface area contributed by atoms with E-state index in [0.29, 0.717) is 0 Å². The molecule has 0 aliphatic heterocycles. The lowest BCUT2D eigenvalue weighted by molar-refractivity contribution is -0.140. The third kappa shape index (κ3) is 2.54. The molecule has 1 amide bonds. The number of carboxylic acids is 1. The van der Waals surface area contributed by atoms with Crippen molar-refractivity contribution in [2.24, 2.45) is 17.3 Å². The Morgan fingerprint density at radius 3 is 2.30 bits per heavy atom. The van der Waals surface area contributed by atoms with Crippen LogP contribution in [0.5, 0.6) is 0 Å². The molecule has 1 aromatic carbocycles. The van der Waals surface area contributed by atoms with Crippen LogP contribution in [0.1, 0.15) is 25.5 Å². The SMILES string of the molecule is CC1(C)C(C(=O)O)C1C(=O)NC(CO)c1ccccc1. The minimum absolute atomic E-state index is 0.222. The molecule has 1 aliphatic carbocycles. The van der Waals surface area contributed by atoms with Crippen LogP contribution in [-0.2, 0) is 9.59 Å². The topological polar surface area (TPSA) is 86.6 Å². The van der Waals surface area contributed by atoms with Gasteiger partial charge >= 0.3 is 5.97 Å². The van der Waals surface area contributed by atoms with Gasteiger partial charge in [0.25, 0.3) is 0 Å². The quantitative estimate of drug-likeness (QED) is 0.754. The Balaban J connectivity index is 2.07. The fourth-order valence-electron chi connectivity index (χ4n) is 2.77. The maximum absolute atomic E-state index is 12.2. The summed E-state index contributed by atoms with van der Waals surface area (Å²) in [5, 5.41) is 21.2. The van der Waals surface area contributed by atoms with Crippen LogP contribution in [0.2, 0.25) is 0 Å². The van der Waals surface area contributed by atoms with E-state index in [0.717, 1.165) is 5.56 Å². The molecular weight excluding hydrogens is 258 g/mol. The zero-order valence-electron chi connectivity index (χ0n) is 11.5. The van der Waals surface area contributed by atoms with E-state index in [1.54, 1.807) is 13.8 Å². The highest BCUT2D eigenvalue weighted by Crippen LogP contribution is 2.58. The lowest BCUT2D eigenvalue weighted by atomic mass is 10.1. The van der Waals surface area contributed by atoms with Crippen molar-refractivity contribution in [2.75, 3.05) is 6.61 Å². The van der Waals surface area contributed by atoms with E-state index in [1.807, 2.05) is 30.3 Å². The Bertz CT molecular complexity index is 512. The van der Waals surface area contributed by atoms with Crippen LogP contribution in [-0.4, -0.2) is 28.7 Å². The van der Waals surface area contributed by atoms with Crippen molar-refractivity contribution in [3.63, 3.8) is 0 Å². The molecule has 3 unspecified atom stereocenters. The number of aliphatic hydroxyl groups excluding tert-OH is 1. The van der Waals surface area contributed by atoms with Crippen LogP contribution < -0.4 is 5.32 Å². The summed E-state index contributed by atoms with van der Waals surface area (Å²) >= 11 is 0. The van der Waals surface area contributed by atoms with Crippen molar-refractivity contribution in [3.8, 4) is 0 Å². The van der Waals surface area contributed by atoms with Crippen molar-refractivity contribution in [1.29, 1.82) is 0 Å². The molecule has 1 aromatic rings. The van der Waals surface area contributed by atoms with Crippen LogP contribution in [0.25, 0.3) is 0 Å². The first-order chi connectivity index (χ1) is 9.39. The van der Waals surface area contributed by atoms with Gasteiger partial charge in [0.1, 0.15) is 0 Å². The monoisotopic (exact) mass is 277 g/mol. The number of hydrogen-bond donors (Lipinski definition) is 3. The van der Waals surface area contributed by atoms with Gasteiger partial charge in [-0.25, -0.2) is 0 Å². The summed E-state index contributed by atoms with van der Waals surface area (Å²) in [6.45, 7) is 3.32. The number of nitrogens with one attached hydrogen (secondary N) is 1. The molecule has 0 spiro atoms. The van der Waals surface area contributed by atoms with Crippen molar-refractivity contribution in [1.82, 2.24) is 5.32 Å². The fraction of sp³-hybridized carbons (Fsp3) is 0.467. The highest BCUT2D eigenvalue weighted by molar-refractivity contribution is 5.91. The number of hydrogen-bond acceptors (Lipinski definition) is 3. The summed E-state index contributed by atoms with van der Waals surface area (Å²) in [6, 6.07) is 8.62. The van der Waals surface area contributed by atoms with Gasteiger partial charge in [0.15, 0.2) is 0 Å². The Kier molecular flexibility index (Phi) is 3.81. The van der Waals surface area contributed by atoms with Crippen molar-refractivity contribution >= 4 is 11.9 Å². The van der Waals surface area contributed by atoms with Gasteiger partial charge in [0.05, 0.1) is 24.5 Å². The Hall–Kier alpha value is -1.88. The lowest BCUT2D eigenvalue weighted by Gasteiger charge is -2.17. The van der Waals surface area contributed by atoms with E-state index in [-0.39, 0.29) is 12.5 Å². The molecule has 0 bridgehead atoms. The molecule has 0 radical (unpaired) electrons. The summed E-state index contributed by atoms with van der Waals surface area (Å²) in [5.41, 5.74) is 0.265. The highest BCUT2D eigenvalue weighted by Gasteiger charge is 2.66. The van der Waals surface area contributed by atoms with E-state index in [1.165, 1.54) is 0 Å². The van der Waals surface area contributed by atoms with Crippen LogP contribution >= 0.6 is 0 Å². The van der Waals surface area contributed by atoms with Gasteiger partial charge in [-0.05, 0) is 11.0 Å². The molecule has 1 fully saturated rings. The molecule has 2 rings (SSSR count). The molecule has 3 N–H and O–H groups in total. The minimum atomic E-state index is -0.949. The predicted molar refractivity (Wildman–Crippen MR) is 72.8 cm³/mol. The number of amides is 1. The molecule has 0 saturated heterocycles. The molecule has 1 saturated carbocycles. The predicted octanol–water partition coefficient (Wildman–Crippen LogP) is 1.19. The first-order valence-corrected chi connectivity index (χ1v) is 6.58. The maximum atomic E-state index is 12.2. The Labute approximate surface area is 117 Å². The molecule has 0 heterocycles. The Morgan fingerprint density at radius 1 is 1.25 bits per heavy atom. The summed E-state index contributed by atoms with van der Waals surface area (Å²) in [6.07, 6.45) is 0. The zero-order chi connectivity index (χ0) is 14.9. The van der Waals surface area contributed by atoms with Gasteiger partial charge in [-0.1, -0.05) is 44.2 Å². The zero-order valence-corrected chi connectivity index (χ0v) is 11.5. The summed E-state index contributed by atoms with van der Waals surface area (Å²) in [5.74, 6) is -2.46. The first kappa shape index (κ1) is 14.5. The normalized spacial score (nSPS) is 24.8. The second kappa shape index (κ2) is 5.25. The van der Waals surface area contributed by atoms with Gasteiger partial charge in [0.2, 0.25) is 5.91 Å². The number of benzene rings is 1. The van der Waals surface area contributed by atoms with Gasteiger partial charge in [-0.2, -0.15) is 0 Å². The second-order valence-corrected chi connectivity index (χ2v) is 5.77. The molecule has 1 aliphatic rings. The molecule has 5 heteroatoms. The molecule has 5 nitrogen and oxygen atoms in total. The molecule has 3 atom stereocenters. The Morgan fingerprint density at radius 2 is 1.85 bits per heavy atom. The lowest BCUT2D eigenvalue weighted by Crippen LogP contribution is -2.33. The molecule has 20 heavy (non-hydrogen) atoms. The molecule has 0 aromatic heterocycles. The maximum Gasteiger partial charge on any atom is 0.307 e. The number of aliphatic carboxylic acids is 1. The average molecular weight is 277 g/mol. The third-order valence-electron chi connectivity index (χ3n) is 4.08. The third-order valence-corrected chi connectivity index (χ3v) is 4.08. The summed E-state index contributed by atoms with van der Waals surface area (Å²) < 4.78 is 0. The van der Waals surface area contributed by atoms with Gasteiger partial charge in [-0.15, -0.1) is 0 Å². The highest BCUT2D eigenvalue weighted by atomic mass is 16.4. The van der Waals surface area contributed by atoms with Crippen molar-refractivity contribution in [3.05, 3.63) is 35.9 Å². The van der Waals surface area contributed by atoms with Crippen LogP contribution in [0, 0.1) is 17.3 Å². The average Bonchev–Trinajstić information content (AvgIpc) is 3.00. The van der Waals surface area contributed by atoms with E-state index < -0.39 is 29.3 Å². The van der Waals surface area contributed by atoms with Crippen LogP contribution in [0.3, 0.4) is 0 Å². The molecule has 108 valence electrons. The number of carbonyl (C=O) groups is 2. The van der Waals surface area contributed by atoms with E-state index in [2.05, 4.69) is 5.32 Å². The van der Waals surface area contributed by atoms with E-state index in [4.69, 9.17) is 5.11 Å². The summed E-state index contributed by atoms with van der Waals surface area (Å²) in [7, 11) is 0. The van der Waals surface area contributed by atoms with Gasteiger partial charge in [-0.3, -0.25) is 9.59 Å². The van der Waals surface area contributed by atoms with Gasteiger partial charge in [0, 0.05) is 0 Å². The van der Waals surface area contributed by atoms with Crippen LogP contribution in [0.15, 0.2) is 30.3 Å². The standard InChI is InChI=1S/C15H19NO4/c1-15(2)11(12(15)14(19)20)13(18)16-10(8-17)9-6-4-3-5-7-9/h3-7,10-12,17H,8H2,1-2H3,(H,16,18)(H,19,20). The number of carbonyl (C=O) groups excluding carboxylic acids is 1. The van der Waals surface area contributed by atoms with Crippen molar-refractivity contribution < 1.29 is 19.8 Å². The van der Waals surface area contributed by atoms with Gasteiger partial charge < -0.3 is 15.5 Å². The fourth-order valence-corrected chi connectivity index (χ4v) is 2.77. The number of aliphatic hydroxyl groups is 1. The number of rotatable bonds is 5. The second-order valence-electron chi connectivity index (χ2n) is 5.77. The van der Waals surface area contributed by atoms with Crippen LogP contribution in [0.4, 0.5) is 0 Å². The number of carboxylic acid groups (broad SMARTS) is 1. The van der Waals surface area contributed by atoms with Crippen molar-refractivity contribution in [2.45, 2.75) is 19.9 Å². The smallest absolute Gasteiger partial charge is 0.307 e. The summed E-state index contributed by atoms with van der Waals surface area (Å²) in [4.78, 5) is 23.3. The largest absolute Gasteiger partial charge is 0.481 e. The first-order valence-electron chi connectivity index (χ1n) is 6.58. The minimum Gasteiger partial charge on any atom is -0.481 e. The van der Waals surface area contributed by atoms with E-state index in [9.17, 15) is 14.7 Å². The van der Waals surface area contributed by atoms with E-state index >= 15 is 0 Å². The molecular formula is C15H19NO4.